The summed E-state index contributed by atoms with van der Waals surface area (Å²) in [6.45, 7) is 1.42. The molecular weight excluding hydrogens is 402 g/mol. The van der Waals surface area contributed by atoms with Gasteiger partial charge in [-0.25, -0.2) is 8.42 Å². The third kappa shape index (κ3) is 4.99. The number of nitrogens with zero attached hydrogens (tertiary/aromatic N) is 2. The first kappa shape index (κ1) is 21.8. The molecule has 0 atom stereocenters. The first-order valence-corrected chi connectivity index (χ1v) is 11.9. The van der Waals surface area contributed by atoms with Gasteiger partial charge < -0.3 is 10.2 Å². The van der Waals surface area contributed by atoms with E-state index in [0.717, 1.165) is 36.2 Å². The maximum atomic E-state index is 13.1. The third-order valence-electron chi connectivity index (χ3n) is 5.28. The Kier molecular flexibility index (Phi) is 6.77. The zero-order valence-corrected chi connectivity index (χ0v) is 18.1. The molecule has 0 radical (unpaired) electrons. The minimum Gasteiger partial charge on any atom is -0.339 e. The number of hydrogen-bond acceptors (Lipinski definition) is 4. The highest BCUT2D eigenvalue weighted by Gasteiger charge is 2.23. The van der Waals surface area contributed by atoms with E-state index in [2.05, 4.69) is 5.32 Å². The molecule has 0 aromatic heterocycles. The van der Waals surface area contributed by atoms with E-state index >= 15 is 0 Å². The van der Waals surface area contributed by atoms with Gasteiger partial charge in [0.2, 0.25) is 10.0 Å². The van der Waals surface area contributed by atoms with Crippen molar-refractivity contribution in [2.45, 2.75) is 25.7 Å². The molecular formula is C22H27N3O4S. The Bertz CT molecular complexity index is 1030. The molecule has 0 spiro atoms. The number of anilines is 2. The minimum absolute atomic E-state index is 0.102. The minimum atomic E-state index is -3.53. The van der Waals surface area contributed by atoms with Gasteiger partial charge in [-0.2, -0.15) is 0 Å². The lowest BCUT2D eigenvalue weighted by Crippen LogP contribution is -2.32. The molecule has 1 saturated heterocycles. The van der Waals surface area contributed by atoms with Crippen LogP contribution in [0.4, 0.5) is 11.4 Å². The number of nitrogens with one attached hydrogen (secondary N) is 1. The number of likely N-dealkylation sites (tertiary alicyclic amines) is 1. The van der Waals surface area contributed by atoms with Gasteiger partial charge in [0.05, 0.1) is 28.8 Å². The number of carbonyl (C=O) groups excluding carboxylic acids is 2. The van der Waals surface area contributed by atoms with Gasteiger partial charge in [-0.1, -0.05) is 37.1 Å². The summed E-state index contributed by atoms with van der Waals surface area (Å²) in [5.41, 5.74) is 1.33. The van der Waals surface area contributed by atoms with Gasteiger partial charge in [0.15, 0.2) is 0 Å². The highest BCUT2D eigenvalue weighted by molar-refractivity contribution is 7.92. The quantitative estimate of drug-likeness (QED) is 0.790. The Morgan fingerprint density at radius 1 is 0.900 bits per heavy atom. The smallest absolute Gasteiger partial charge is 0.257 e. The van der Waals surface area contributed by atoms with Crippen molar-refractivity contribution in [3.63, 3.8) is 0 Å². The molecule has 1 heterocycles. The molecule has 8 heteroatoms. The first-order valence-electron chi connectivity index (χ1n) is 10.0. The molecule has 160 valence electrons. The van der Waals surface area contributed by atoms with Crippen molar-refractivity contribution in [3.05, 3.63) is 59.7 Å². The van der Waals surface area contributed by atoms with Crippen LogP contribution in [0.2, 0.25) is 0 Å². The van der Waals surface area contributed by atoms with Crippen LogP contribution in [-0.2, 0) is 10.0 Å². The maximum Gasteiger partial charge on any atom is 0.257 e. The highest BCUT2D eigenvalue weighted by Crippen LogP contribution is 2.25. The molecule has 0 bridgehead atoms. The predicted octanol–water partition coefficient (Wildman–Crippen LogP) is 3.35. The zero-order chi connectivity index (χ0) is 21.7. The lowest BCUT2D eigenvalue weighted by molar-refractivity contribution is 0.0762. The summed E-state index contributed by atoms with van der Waals surface area (Å²) in [5.74, 6) is -0.577. The average Bonchev–Trinajstić information content (AvgIpc) is 3.02. The molecule has 1 N–H and O–H groups in total. The summed E-state index contributed by atoms with van der Waals surface area (Å²) in [6.07, 6.45) is 5.27. The lowest BCUT2D eigenvalue weighted by Gasteiger charge is -2.22. The van der Waals surface area contributed by atoms with Crippen molar-refractivity contribution in [1.82, 2.24) is 4.90 Å². The van der Waals surface area contributed by atoms with E-state index in [1.807, 2.05) is 4.90 Å². The number of amides is 2. The number of para-hydroxylation sites is 2. The second kappa shape index (κ2) is 9.30. The zero-order valence-electron chi connectivity index (χ0n) is 17.3. The SMILES string of the molecule is CN(c1ccccc1C(=O)Nc1ccccc1C(=O)N1CCCCCC1)S(C)(=O)=O. The fourth-order valence-electron chi connectivity index (χ4n) is 3.53. The molecule has 2 aromatic rings. The molecule has 2 amide bonds. The normalized spacial score (nSPS) is 14.7. The monoisotopic (exact) mass is 429 g/mol. The van der Waals surface area contributed by atoms with Crippen LogP contribution in [0.1, 0.15) is 46.4 Å². The molecule has 1 fully saturated rings. The van der Waals surface area contributed by atoms with E-state index in [0.29, 0.717) is 24.3 Å². The van der Waals surface area contributed by atoms with Crippen molar-refractivity contribution < 1.29 is 18.0 Å². The summed E-state index contributed by atoms with van der Waals surface area (Å²) in [7, 11) is -2.13. The van der Waals surface area contributed by atoms with Crippen molar-refractivity contribution in [2.75, 3.05) is 36.0 Å². The fourth-order valence-corrected chi connectivity index (χ4v) is 4.05. The van der Waals surface area contributed by atoms with Crippen LogP contribution in [0.5, 0.6) is 0 Å². The summed E-state index contributed by atoms with van der Waals surface area (Å²) in [6, 6.07) is 13.4. The predicted molar refractivity (Wildman–Crippen MR) is 118 cm³/mol. The molecule has 7 nitrogen and oxygen atoms in total. The van der Waals surface area contributed by atoms with E-state index < -0.39 is 15.9 Å². The Hall–Kier alpha value is -2.87. The molecule has 0 unspecified atom stereocenters. The van der Waals surface area contributed by atoms with Crippen molar-refractivity contribution in [3.8, 4) is 0 Å². The van der Waals surface area contributed by atoms with E-state index in [4.69, 9.17) is 0 Å². The molecule has 1 aliphatic heterocycles. The molecule has 0 saturated carbocycles. The lowest BCUT2D eigenvalue weighted by atomic mass is 10.1. The van der Waals surface area contributed by atoms with Gasteiger partial charge in [-0.3, -0.25) is 13.9 Å². The number of benzene rings is 2. The number of rotatable bonds is 5. The van der Waals surface area contributed by atoms with Gasteiger partial charge in [0.25, 0.3) is 11.8 Å². The van der Waals surface area contributed by atoms with Crippen molar-refractivity contribution in [1.29, 1.82) is 0 Å². The van der Waals surface area contributed by atoms with Crippen LogP contribution < -0.4 is 9.62 Å². The number of carbonyl (C=O) groups is 2. The molecule has 1 aliphatic rings. The van der Waals surface area contributed by atoms with Gasteiger partial charge in [0.1, 0.15) is 0 Å². The van der Waals surface area contributed by atoms with Gasteiger partial charge in [-0.15, -0.1) is 0 Å². The molecule has 0 aliphatic carbocycles. The largest absolute Gasteiger partial charge is 0.339 e. The maximum absolute atomic E-state index is 13.1. The fraction of sp³-hybridized carbons (Fsp3) is 0.364. The van der Waals surface area contributed by atoms with E-state index in [1.165, 1.54) is 7.05 Å². The van der Waals surface area contributed by atoms with E-state index in [1.54, 1.807) is 48.5 Å². The van der Waals surface area contributed by atoms with Gasteiger partial charge >= 0.3 is 0 Å². The Morgan fingerprint density at radius 2 is 1.47 bits per heavy atom. The average molecular weight is 430 g/mol. The Labute approximate surface area is 177 Å². The second-order valence-corrected chi connectivity index (χ2v) is 9.47. The summed E-state index contributed by atoms with van der Waals surface area (Å²) < 4.78 is 25.0. The second-order valence-electron chi connectivity index (χ2n) is 7.45. The third-order valence-corrected chi connectivity index (χ3v) is 6.48. The van der Waals surface area contributed by atoms with Crippen LogP contribution >= 0.6 is 0 Å². The summed E-state index contributed by atoms with van der Waals surface area (Å²) in [4.78, 5) is 27.9. The van der Waals surface area contributed by atoms with Crippen LogP contribution in [0.3, 0.4) is 0 Å². The van der Waals surface area contributed by atoms with Crippen LogP contribution in [-0.4, -0.2) is 51.5 Å². The van der Waals surface area contributed by atoms with E-state index in [-0.39, 0.29) is 17.2 Å². The number of hydrogen-bond donors (Lipinski definition) is 1. The molecule has 2 aromatic carbocycles. The Morgan fingerprint density at radius 3 is 2.10 bits per heavy atom. The Balaban J connectivity index is 1.88. The standard InChI is InChI=1S/C22H27N3O4S/c1-24(30(2,28)29)20-14-8-6-12-18(20)21(26)23-19-13-7-5-11-17(19)22(27)25-15-9-3-4-10-16-25/h5-8,11-14H,3-4,9-10,15-16H2,1-2H3,(H,23,26). The van der Waals surface area contributed by atoms with Crippen molar-refractivity contribution in [2.24, 2.45) is 0 Å². The van der Waals surface area contributed by atoms with Crippen LogP contribution in [0.25, 0.3) is 0 Å². The first-order chi connectivity index (χ1) is 14.3. The highest BCUT2D eigenvalue weighted by atomic mass is 32.2. The van der Waals surface area contributed by atoms with Crippen LogP contribution in [0, 0.1) is 0 Å². The topological polar surface area (TPSA) is 86.8 Å². The molecule has 3 rings (SSSR count). The van der Waals surface area contributed by atoms with E-state index in [9.17, 15) is 18.0 Å². The van der Waals surface area contributed by atoms with Crippen LogP contribution in [0.15, 0.2) is 48.5 Å². The number of sulfonamides is 1. The van der Waals surface area contributed by atoms with Gasteiger partial charge in [-0.05, 0) is 37.1 Å². The summed E-state index contributed by atoms with van der Waals surface area (Å²) in [5, 5.41) is 2.80. The molecule has 30 heavy (non-hydrogen) atoms. The van der Waals surface area contributed by atoms with Gasteiger partial charge in [0, 0.05) is 20.1 Å². The summed E-state index contributed by atoms with van der Waals surface area (Å²) >= 11 is 0. The van der Waals surface area contributed by atoms with Crippen molar-refractivity contribution >= 4 is 33.2 Å².